The lowest BCUT2D eigenvalue weighted by Crippen LogP contribution is -2.42. The number of aromatic nitrogens is 2. The first-order chi connectivity index (χ1) is 12.0. The van der Waals surface area contributed by atoms with E-state index >= 15 is 0 Å². The van der Waals surface area contributed by atoms with Crippen LogP contribution in [-0.4, -0.2) is 22.0 Å². The highest BCUT2D eigenvalue weighted by Gasteiger charge is 2.16. The lowest BCUT2D eigenvalue weighted by Gasteiger charge is -2.09. The Bertz CT molecular complexity index is 1050. The van der Waals surface area contributed by atoms with Crippen molar-refractivity contribution in [2.24, 2.45) is 0 Å². The Morgan fingerprint density at radius 2 is 1.64 bits per heavy atom. The Morgan fingerprint density at radius 1 is 0.960 bits per heavy atom. The van der Waals surface area contributed by atoms with E-state index in [1.807, 2.05) is 0 Å². The molecule has 0 unspecified atom stereocenters. The second kappa shape index (κ2) is 6.92. The first-order valence-corrected chi connectivity index (χ1v) is 7.76. The van der Waals surface area contributed by atoms with Gasteiger partial charge in [-0.3, -0.25) is 25.2 Å². The number of nitrogens with one attached hydrogen (secondary N) is 3. The van der Waals surface area contributed by atoms with Crippen LogP contribution in [0.1, 0.15) is 20.8 Å². The second-order valence-corrected chi connectivity index (χ2v) is 5.82. The molecule has 3 rings (SSSR count). The number of hydrogen-bond donors (Lipinski definition) is 3. The SMILES string of the molecule is O=C(NNC(=O)c1n[nH]c(=O)c2ccccc12)c1cc(Cl)ccc1Cl. The van der Waals surface area contributed by atoms with E-state index in [1.165, 1.54) is 18.2 Å². The molecule has 25 heavy (non-hydrogen) atoms. The molecule has 2 aromatic carbocycles. The topological polar surface area (TPSA) is 104 Å². The van der Waals surface area contributed by atoms with E-state index in [-0.39, 0.29) is 16.3 Å². The summed E-state index contributed by atoms with van der Waals surface area (Å²) in [5, 5.41) is 7.17. The lowest BCUT2D eigenvalue weighted by atomic mass is 10.1. The number of aromatic amines is 1. The number of rotatable bonds is 2. The Labute approximate surface area is 150 Å². The van der Waals surface area contributed by atoms with Crippen molar-refractivity contribution in [2.45, 2.75) is 0 Å². The number of halogens is 2. The van der Waals surface area contributed by atoms with Gasteiger partial charge in [0.05, 0.1) is 16.0 Å². The first-order valence-electron chi connectivity index (χ1n) is 7.00. The van der Waals surface area contributed by atoms with Crippen molar-refractivity contribution in [3.05, 3.63) is 74.1 Å². The molecule has 0 saturated carbocycles. The highest BCUT2D eigenvalue weighted by molar-refractivity contribution is 6.35. The Balaban J connectivity index is 1.82. The zero-order chi connectivity index (χ0) is 18.0. The van der Waals surface area contributed by atoms with Gasteiger partial charge in [0.2, 0.25) is 0 Å². The highest BCUT2D eigenvalue weighted by Crippen LogP contribution is 2.20. The average Bonchev–Trinajstić information content (AvgIpc) is 2.62. The number of carbonyl (C=O) groups excluding carboxylic acids is 2. The Morgan fingerprint density at radius 3 is 2.40 bits per heavy atom. The fraction of sp³-hybridized carbons (Fsp3) is 0. The first kappa shape index (κ1) is 16.9. The molecule has 0 radical (unpaired) electrons. The summed E-state index contributed by atoms with van der Waals surface area (Å²) < 4.78 is 0. The number of H-pyrrole nitrogens is 1. The van der Waals surface area contributed by atoms with E-state index in [0.29, 0.717) is 15.8 Å². The summed E-state index contributed by atoms with van der Waals surface area (Å²) in [5.41, 5.74) is 4.12. The zero-order valence-corrected chi connectivity index (χ0v) is 14.0. The molecule has 1 heterocycles. The molecule has 9 heteroatoms. The van der Waals surface area contributed by atoms with Gasteiger partial charge in [-0.2, -0.15) is 5.10 Å². The van der Waals surface area contributed by atoms with Crippen LogP contribution >= 0.6 is 23.2 Å². The van der Waals surface area contributed by atoms with E-state index in [2.05, 4.69) is 21.0 Å². The molecule has 126 valence electrons. The number of nitrogens with zero attached hydrogens (tertiary/aromatic N) is 1. The molecule has 1 aromatic heterocycles. The minimum Gasteiger partial charge on any atom is -0.267 e. The second-order valence-electron chi connectivity index (χ2n) is 4.98. The highest BCUT2D eigenvalue weighted by atomic mass is 35.5. The number of fused-ring (bicyclic) bond motifs is 1. The van der Waals surface area contributed by atoms with Crippen LogP contribution in [0.4, 0.5) is 0 Å². The van der Waals surface area contributed by atoms with Crippen molar-refractivity contribution in [1.29, 1.82) is 0 Å². The molecule has 3 N–H and O–H groups in total. The zero-order valence-electron chi connectivity index (χ0n) is 12.5. The van der Waals surface area contributed by atoms with Crippen LogP contribution in [0, 0.1) is 0 Å². The molecule has 0 aliphatic carbocycles. The molecule has 3 aromatic rings. The van der Waals surface area contributed by atoms with E-state index in [1.54, 1.807) is 24.3 Å². The molecule has 0 saturated heterocycles. The van der Waals surface area contributed by atoms with Crippen molar-refractivity contribution >= 4 is 45.8 Å². The molecule has 0 atom stereocenters. The van der Waals surface area contributed by atoms with Gasteiger partial charge in [0, 0.05) is 10.4 Å². The van der Waals surface area contributed by atoms with Crippen LogP contribution in [-0.2, 0) is 0 Å². The van der Waals surface area contributed by atoms with Crippen LogP contribution in [0.2, 0.25) is 10.0 Å². The maximum Gasteiger partial charge on any atom is 0.290 e. The molecule has 0 aliphatic heterocycles. The summed E-state index contributed by atoms with van der Waals surface area (Å²) in [4.78, 5) is 36.1. The van der Waals surface area contributed by atoms with Crippen LogP contribution in [0.25, 0.3) is 10.8 Å². The monoisotopic (exact) mass is 376 g/mol. The maximum absolute atomic E-state index is 12.3. The standard InChI is InChI=1S/C16H10Cl2N4O3/c17-8-5-6-12(18)11(7-8)15(24)21-22-16(25)13-9-3-1-2-4-10(9)14(23)20-19-13/h1-7H,(H,20,23)(H,21,24)(H,22,25). The fourth-order valence-corrected chi connectivity index (χ4v) is 2.57. The molecule has 7 nitrogen and oxygen atoms in total. The third kappa shape index (κ3) is 3.47. The number of benzene rings is 2. The maximum atomic E-state index is 12.3. The molecular formula is C16H10Cl2N4O3. The van der Waals surface area contributed by atoms with Gasteiger partial charge in [0.15, 0.2) is 5.69 Å². The van der Waals surface area contributed by atoms with Crippen molar-refractivity contribution in [2.75, 3.05) is 0 Å². The van der Waals surface area contributed by atoms with Crippen LogP contribution in [0.3, 0.4) is 0 Å². The molecule has 0 bridgehead atoms. The number of hydrogen-bond acceptors (Lipinski definition) is 4. The number of amides is 2. The molecule has 0 spiro atoms. The lowest BCUT2D eigenvalue weighted by molar-refractivity contribution is 0.0844. The fourth-order valence-electron chi connectivity index (χ4n) is 2.20. The van der Waals surface area contributed by atoms with Crippen molar-refractivity contribution in [3.63, 3.8) is 0 Å². The van der Waals surface area contributed by atoms with Gasteiger partial charge in [0.25, 0.3) is 17.4 Å². The summed E-state index contributed by atoms with van der Waals surface area (Å²) in [6, 6.07) is 10.9. The number of carbonyl (C=O) groups is 2. The summed E-state index contributed by atoms with van der Waals surface area (Å²) in [6.45, 7) is 0. The quantitative estimate of drug-likeness (QED) is 0.596. The molecule has 0 aliphatic rings. The van der Waals surface area contributed by atoms with Crippen molar-refractivity contribution in [1.82, 2.24) is 21.0 Å². The van der Waals surface area contributed by atoms with E-state index in [4.69, 9.17) is 23.2 Å². The number of hydrazine groups is 1. The van der Waals surface area contributed by atoms with E-state index in [0.717, 1.165) is 0 Å². The minimum absolute atomic E-state index is 0.0345. The third-order valence-electron chi connectivity index (χ3n) is 3.37. The van der Waals surface area contributed by atoms with Crippen molar-refractivity contribution < 1.29 is 9.59 Å². The van der Waals surface area contributed by atoms with E-state index in [9.17, 15) is 14.4 Å². The van der Waals surface area contributed by atoms with Gasteiger partial charge in [-0.1, -0.05) is 41.4 Å². The normalized spacial score (nSPS) is 10.5. The predicted octanol–water partition coefficient (Wildman–Crippen LogP) is 2.30. The Kier molecular flexibility index (Phi) is 4.69. The molecular weight excluding hydrogens is 367 g/mol. The van der Waals surface area contributed by atoms with Crippen LogP contribution in [0.15, 0.2) is 47.3 Å². The van der Waals surface area contributed by atoms with Gasteiger partial charge < -0.3 is 0 Å². The van der Waals surface area contributed by atoms with Gasteiger partial charge in [0.1, 0.15) is 0 Å². The van der Waals surface area contributed by atoms with E-state index < -0.39 is 17.4 Å². The Hall–Kier alpha value is -2.90. The van der Waals surface area contributed by atoms with Gasteiger partial charge in [-0.05, 0) is 24.3 Å². The van der Waals surface area contributed by atoms with Crippen molar-refractivity contribution in [3.8, 4) is 0 Å². The van der Waals surface area contributed by atoms with Gasteiger partial charge in [-0.25, -0.2) is 5.10 Å². The van der Waals surface area contributed by atoms with Gasteiger partial charge in [-0.15, -0.1) is 0 Å². The summed E-state index contributed by atoms with van der Waals surface area (Å²) in [7, 11) is 0. The summed E-state index contributed by atoms with van der Waals surface area (Å²) in [6.07, 6.45) is 0. The third-order valence-corrected chi connectivity index (χ3v) is 3.94. The smallest absolute Gasteiger partial charge is 0.267 e. The molecule has 0 fully saturated rings. The summed E-state index contributed by atoms with van der Waals surface area (Å²) in [5.74, 6) is -1.34. The van der Waals surface area contributed by atoms with Crippen LogP contribution < -0.4 is 16.4 Å². The molecule has 2 amide bonds. The van der Waals surface area contributed by atoms with Crippen LogP contribution in [0.5, 0.6) is 0 Å². The largest absolute Gasteiger partial charge is 0.290 e. The summed E-state index contributed by atoms with van der Waals surface area (Å²) >= 11 is 11.8. The minimum atomic E-state index is -0.695. The average molecular weight is 377 g/mol. The van der Waals surface area contributed by atoms with Gasteiger partial charge >= 0.3 is 0 Å². The predicted molar refractivity (Wildman–Crippen MR) is 93.8 cm³/mol.